The predicted octanol–water partition coefficient (Wildman–Crippen LogP) is 5.59. The summed E-state index contributed by atoms with van der Waals surface area (Å²) in [7, 11) is 0. The molecule has 0 unspecified atom stereocenters. The summed E-state index contributed by atoms with van der Waals surface area (Å²) < 4.78 is 5.92. The van der Waals surface area contributed by atoms with E-state index in [-0.39, 0.29) is 11.4 Å². The van der Waals surface area contributed by atoms with Crippen LogP contribution < -0.4 is 10.1 Å². The van der Waals surface area contributed by atoms with Crippen molar-refractivity contribution in [2.45, 2.75) is 6.61 Å². The summed E-state index contributed by atoms with van der Waals surface area (Å²) in [5.74, 6) is -0.407. The number of nitrogens with zero attached hydrogens (tertiary/aromatic N) is 1. The van der Waals surface area contributed by atoms with Gasteiger partial charge in [-0.15, -0.1) is 0 Å². The maximum atomic E-state index is 12.8. The highest BCUT2D eigenvalue weighted by Crippen LogP contribution is 2.34. The number of anilines is 1. The summed E-state index contributed by atoms with van der Waals surface area (Å²) in [5.41, 5.74) is 2.21. The molecule has 1 N–H and O–H groups in total. The molecule has 0 saturated carbocycles. The Labute approximate surface area is 200 Å². The molecule has 0 spiro atoms. The van der Waals surface area contributed by atoms with Gasteiger partial charge in [0.15, 0.2) is 0 Å². The minimum absolute atomic E-state index is 0.232. The average Bonchev–Trinajstić information content (AvgIpc) is 3.08. The molecule has 166 valence electrons. The van der Waals surface area contributed by atoms with E-state index in [1.54, 1.807) is 36.4 Å². The van der Waals surface area contributed by atoms with E-state index >= 15 is 0 Å². The Hall–Kier alpha value is -3.55. The zero-order valence-electron chi connectivity index (χ0n) is 17.4. The largest absolute Gasteiger partial charge is 0.488 e. The number of para-hydroxylation sites is 1. The number of hydrogen-bond acceptors (Lipinski definition) is 5. The Morgan fingerprint density at radius 1 is 0.970 bits per heavy atom. The maximum Gasteiger partial charge on any atom is 0.294 e. The van der Waals surface area contributed by atoms with Crippen molar-refractivity contribution in [3.05, 3.63) is 99.9 Å². The van der Waals surface area contributed by atoms with Gasteiger partial charge in [-0.1, -0.05) is 60.1 Å². The average molecular weight is 479 g/mol. The van der Waals surface area contributed by atoms with Crippen molar-refractivity contribution < 1.29 is 19.1 Å². The molecule has 1 aliphatic rings. The molecule has 3 amide bonds. The van der Waals surface area contributed by atoms with E-state index in [1.807, 2.05) is 48.5 Å². The Morgan fingerprint density at radius 2 is 1.67 bits per heavy atom. The minimum Gasteiger partial charge on any atom is -0.488 e. The normalized spacial score (nSPS) is 14.6. The summed E-state index contributed by atoms with van der Waals surface area (Å²) in [6.07, 6.45) is 1.61. The first kappa shape index (κ1) is 22.6. The van der Waals surface area contributed by atoms with Crippen LogP contribution in [0.3, 0.4) is 0 Å². The van der Waals surface area contributed by atoms with E-state index in [1.165, 1.54) is 0 Å². The SMILES string of the molecule is O=C(CN1C(=O)S/C(=C/c2ccccc2OCc2ccccc2)C1=O)Nc1ccc(Cl)cc1. The second kappa shape index (κ2) is 10.4. The van der Waals surface area contributed by atoms with Crippen LogP contribution in [-0.2, 0) is 16.2 Å². The van der Waals surface area contributed by atoms with Gasteiger partial charge in [0.05, 0.1) is 4.91 Å². The number of halogens is 1. The number of benzene rings is 3. The molecule has 8 heteroatoms. The highest BCUT2D eigenvalue weighted by Gasteiger charge is 2.36. The van der Waals surface area contributed by atoms with Crippen LogP contribution in [0.4, 0.5) is 10.5 Å². The number of ether oxygens (including phenoxy) is 1. The van der Waals surface area contributed by atoms with Crippen LogP contribution in [0.1, 0.15) is 11.1 Å². The van der Waals surface area contributed by atoms with E-state index in [0.29, 0.717) is 28.6 Å². The van der Waals surface area contributed by atoms with Crippen LogP contribution in [0.5, 0.6) is 5.75 Å². The van der Waals surface area contributed by atoms with Gasteiger partial charge >= 0.3 is 0 Å². The Balaban J connectivity index is 1.44. The van der Waals surface area contributed by atoms with Crippen LogP contribution in [0.15, 0.2) is 83.8 Å². The zero-order valence-corrected chi connectivity index (χ0v) is 18.9. The number of hydrogen-bond donors (Lipinski definition) is 1. The van der Waals surface area contributed by atoms with Gasteiger partial charge in [0.1, 0.15) is 18.9 Å². The molecule has 0 aromatic heterocycles. The molecule has 3 aromatic carbocycles. The third kappa shape index (κ3) is 5.83. The molecule has 1 saturated heterocycles. The maximum absolute atomic E-state index is 12.8. The molecule has 1 aliphatic heterocycles. The molecule has 6 nitrogen and oxygen atoms in total. The zero-order chi connectivity index (χ0) is 23.2. The van der Waals surface area contributed by atoms with Crippen molar-refractivity contribution in [2.75, 3.05) is 11.9 Å². The van der Waals surface area contributed by atoms with Gasteiger partial charge < -0.3 is 10.1 Å². The highest BCUT2D eigenvalue weighted by atomic mass is 35.5. The fourth-order valence-electron chi connectivity index (χ4n) is 3.12. The van der Waals surface area contributed by atoms with Crippen LogP contribution in [-0.4, -0.2) is 28.5 Å². The second-order valence-corrected chi connectivity index (χ2v) is 8.56. The number of imide groups is 1. The molecular formula is C25H19ClN2O4S. The molecular weight excluding hydrogens is 460 g/mol. The lowest BCUT2D eigenvalue weighted by Crippen LogP contribution is -2.36. The summed E-state index contributed by atoms with van der Waals surface area (Å²) in [6, 6.07) is 23.5. The van der Waals surface area contributed by atoms with Crippen molar-refractivity contribution in [1.29, 1.82) is 0 Å². The summed E-state index contributed by atoms with van der Waals surface area (Å²) in [5, 5.41) is 2.69. The third-order valence-corrected chi connectivity index (χ3v) is 5.91. The minimum atomic E-state index is -0.519. The van der Waals surface area contributed by atoms with Crippen molar-refractivity contribution in [1.82, 2.24) is 4.90 Å². The first-order valence-corrected chi connectivity index (χ1v) is 11.3. The first-order chi connectivity index (χ1) is 16.0. The van der Waals surface area contributed by atoms with E-state index in [0.717, 1.165) is 22.2 Å². The number of carbonyl (C=O) groups is 3. The van der Waals surface area contributed by atoms with E-state index in [9.17, 15) is 14.4 Å². The first-order valence-electron chi connectivity index (χ1n) is 10.1. The lowest BCUT2D eigenvalue weighted by molar-refractivity contribution is -0.127. The third-order valence-electron chi connectivity index (χ3n) is 4.75. The molecule has 33 heavy (non-hydrogen) atoms. The van der Waals surface area contributed by atoms with Gasteiger partial charge in [-0.2, -0.15) is 0 Å². The predicted molar refractivity (Wildman–Crippen MR) is 130 cm³/mol. The smallest absolute Gasteiger partial charge is 0.294 e. The quantitative estimate of drug-likeness (QED) is 0.448. The standard InChI is InChI=1S/C25H19ClN2O4S/c26-19-10-12-20(13-11-19)27-23(29)15-28-24(30)22(33-25(28)31)14-18-8-4-5-9-21(18)32-16-17-6-2-1-3-7-17/h1-14H,15-16H2,(H,27,29)/b22-14+. The van der Waals surface area contributed by atoms with E-state index < -0.39 is 17.1 Å². The molecule has 3 aromatic rings. The fourth-order valence-corrected chi connectivity index (χ4v) is 4.08. The van der Waals surface area contributed by atoms with Gasteiger partial charge in [0.2, 0.25) is 5.91 Å². The number of nitrogens with one attached hydrogen (secondary N) is 1. The van der Waals surface area contributed by atoms with Gasteiger partial charge in [0.25, 0.3) is 11.1 Å². The Bertz CT molecular complexity index is 1210. The molecule has 1 heterocycles. The summed E-state index contributed by atoms with van der Waals surface area (Å²) in [4.78, 5) is 38.7. The summed E-state index contributed by atoms with van der Waals surface area (Å²) in [6.45, 7) is -0.00513. The molecule has 0 bridgehead atoms. The van der Waals surface area contributed by atoms with Gasteiger partial charge in [-0.25, -0.2) is 0 Å². The summed E-state index contributed by atoms with van der Waals surface area (Å²) >= 11 is 6.64. The van der Waals surface area contributed by atoms with Crippen molar-refractivity contribution in [2.24, 2.45) is 0 Å². The van der Waals surface area contributed by atoms with E-state index in [2.05, 4.69) is 5.32 Å². The molecule has 0 atom stereocenters. The highest BCUT2D eigenvalue weighted by molar-refractivity contribution is 8.18. The van der Waals surface area contributed by atoms with Crippen molar-refractivity contribution in [3.8, 4) is 5.75 Å². The number of carbonyl (C=O) groups excluding carboxylic acids is 3. The lowest BCUT2D eigenvalue weighted by atomic mass is 10.1. The van der Waals surface area contributed by atoms with Crippen LogP contribution in [0.2, 0.25) is 5.02 Å². The Kier molecular flexibility index (Phi) is 7.12. The van der Waals surface area contributed by atoms with Gasteiger partial charge in [-0.05, 0) is 53.7 Å². The molecule has 4 rings (SSSR count). The molecule has 0 radical (unpaired) electrons. The lowest BCUT2D eigenvalue weighted by Gasteiger charge is -2.12. The van der Waals surface area contributed by atoms with Gasteiger partial charge in [-0.3, -0.25) is 19.3 Å². The molecule has 0 aliphatic carbocycles. The van der Waals surface area contributed by atoms with Crippen LogP contribution >= 0.6 is 23.4 Å². The van der Waals surface area contributed by atoms with Crippen molar-refractivity contribution >= 4 is 52.2 Å². The van der Waals surface area contributed by atoms with E-state index in [4.69, 9.17) is 16.3 Å². The number of thioether (sulfide) groups is 1. The topological polar surface area (TPSA) is 75.7 Å². The second-order valence-electron chi connectivity index (χ2n) is 7.14. The van der Waals surface area contributed by atoms with Crippen molar-refractivity contribution in [3.63, 3.8) is 0 Å². The molecule has 1 fully saturated rings. The van der Waals surface area contributed by atoms with Crippen LogP contribution in [0, 0.1) is 0 Å². The van der Waals surface area contributed by atoms with Gasteiger partial charge in [0, 0.05) is 16.3 Å². The Morgan fingerprint density at radius 3 is 2.42 bits per heavy atom. The monoisotopic (exact) mass is 478 g/mol. The fraction of sp³-hybridized carbons (Fsp3) is 0.0800. The number of amides is 3. The number of rotatable bonds is 7. The van der Waals surface area contributed by atoms with Crippen LogP contribution in [0.25, 0.3) is 6.08 Å².